The Bertz CT molecular complexity index is 1360. The van der Waals surface area contributed by atoms with Gasteiger partial charge in [0.25, 0.3) is 5.91 Å². The molecule has 4 rings (SSSR count). The first-order valence-corrected chi connectivity index (χ1v) is 12.0. The summed E-state index contributed by atoms with van der Waals surface area (Å²) in [7, 11) is 0. The molecule has 0 aliphatic rings. The number of nitrogens with zero attached hydrogens (tertiary/aromatic N) is 4. The van der Waals surface area contributed by atoms with Gasteiger partial charge in [0.2, 0.25) is 5.95 Å². The quantitative estimate of drug-likeness (QED) is 0.250. The van der Waals surface area contributed by atoms with Crippen LogP contribution in [0.1, 0.15) is 21.5 Å². The van der Waals surface area contributed by atoms with Crippen molar-refractivity contribution in [2.75, 3.05) is 23.7 Å². The van der Waals surface area contributed by atoms with Crippen LogP contribution in [0, 0.1) is 6.92 Å². The number of benzene rings is 2. The molecule has 0 aliphatic carbocycles. The normalized spacial score (nSPS) is 10.6. The van der Waals surface area contributed by atoms with Crippen molar-refractivity contribution < 1.29 is 4.79 Å². The van der Waals surface area contributed by atoms with Crippen molar-refractivity contribution in [3.05, 3.63) is 121 Å². The molecule has 0 fully saturated rings. The van der Waals surface area contributed by atoms with E-state index in [0.29, 0.717) is 36.8 Å². The zero-order valence-corrected chi connectivity index (χ0v) is 20.9. The number of amides is 1. The number of rotatable bonds is 11. The van der Waals surface area contributed by atoms with Crippen molar-refractivity contribution in [1.82, 2.24) is 19.9 Å². The summed E-state index contributed by atoms with van der Waals surface area (Å²) in [4.78, 5) is 28.6. The Labute approximate surface area is 217 Å². The molecular formula is C30H30N6O. The van der Waals surface area contributed by atoms with Crippen LogP contribution in [0.4, 0.5) is 17.3 Å². The zero-order valence-electron chi connectivity index (χ0n) is 20.9. The van der Waals surface area contributed by atoms with Crippen LogP contribution in [0.3, 0.4) is 0 Å². The Morgan fingerprint density at radius 2 is 1.76 bits per heavy atom. The van der Waals surface area contributed by atoms with E-state index in [-0.39, 0.29) is 5.91 Å². The minimum atomic E-state index is -0.175. The van der Waals surface area contributed by atoms with Crippen LogP contribution in [0.2, 0.25) is 0 Å². The monoisotopic (exact) mass is 490 g/mol. The van der Waals surface area contributed by atoms with Crippen molar-refractivity contribution in [3.8, 4) is 11.3 Å². The van der Waals surface area contributed by atoms with Crippen molar-refractivity contribution in [1.29, 1.82) is 0 Å². The van der Waals surface area contributed by atoms with E-state index in [1.807, 2.05) is 67.6 Å². The minimum Gasteiger partial charge on any atom is -0.324 e. The van der Waals surface area contributed by atoms with E-state index in [0.717, 1.165) is 28.1 Å². The average Bonchev–Trinajstić information content (AvgIpc) is 2.93. The number of pyridine rings is 1. The highest BCUT2D eigenvalue weighted by molar-refractivity contribution is 6.05. The third-order valence-corrected chi connectivity index (χ3v) is 5.81. The summed E-state index contributed by atoms with van der Waals surface area (Å²) in [6, 6.07) is 18.8. The molecule has 186 valence electrons. The molecule has 37 heavy (non-hydrogen) atoms. The van der Waals surface area contributed by atoms with Crippen LogP contribution in [-0.2, 0) is 6.54 Å². The maximum absolute atomic E-state index is 13.1. The van der Waals surface area contributed by atoms with Crippen LogP contribution in [0.5, 0.6) is 0 Å². The second-order valence-corrected chi connectivity index (χ2v) is 8.51. The lowest BCUT2D eigenvalue weighted by Gasteiger charge is -2.24. The predicted molar refractivity (Wildman–Crippen MR) is 150 cm³/mol. The number of aromatic nitrogens is 3. The molecule has 2 N–H and O–H groups in total. The number of hydrogen-bond acceptors (Lipinski definition) is 6. The van der Waals surface area contributed by atoms with Crippen molar-refractivity contribution in [3.63, 3.8) is 0 Å². The summed E-state index contributed by atoms with van der Waals surface area (Å²) in [5, 5.41) is 6.52. The largest absolute Gasteiger partial charge is 0.324 e. The van der Waals surface area contributed by atoms with Crippen LogP contribution in [0.15, 0.2) is 105 Å². The zero-order chi connectivity index (χ0) is 26.0. The summed E-state index contributed by atoms with van der Waals surface area (Å²) in [5.41, 5.74) is 5.72. The van der Waals surface area contributed by atoms with E-state index in [2.05, 4.69) is 38.7 Å². The van der Waals surface area contributed by atoms with Gasteiger partial charge in [-0.05, 0) is 48.9 Å². The van der Waals surface area contributed by atoms with Gasteiger partial charge in [0.05, 0.1) is 11.4 Å². The fourth-order valence-electron chi connectivity index (χ4n) is 4.00. The maximum Gasteiger partial charge on any atom is 0.255 e. The second-order valence-electron chi connectivity index (χ2n) is 8.51. The maximum atomic E-state index is 13.1. The Kier molecular flexibility index (Phi) is 8.52. The molecule has 0 saturated carbocycles. The highest BCUT2D eigenvalue weighted by atomic mass is 16.1. The standard InChI is InChI=1S/C30H30N6O/c1-4-18-36(19-5-2)21-25-27(33-29(37)23-10-7-6-8-11-23)14-13-22(3)28(25)35-30-32-17-15-26(34-30)24-12-9-16-31-20-24/h4-17,20H,1-2,18-19,21H2,3H3,(H,33,37)(H,32,34,35). The summed E-state index contributed by atoms with van der Waals surface area (Å²) < 4.78 is 0. The number of anilines is 3. The van der Waals surface area contributed by atoms with Crippen LogP contribution in [0.25, 0.3) is 11.3 Å². The Hall–Kier alpha value is -4.62. The molecule has 0 radical (unpaired) electrons. The first-order valence-electron chi connectivity index (χ1n) is 12.0. The number of carbonyl (C=O) groups excluding carboxylic acids is 1. The van der Waals surface area contributed by atoms with Gasteiger partial charge in [-0.1, -0.05) is 36.4 Å². The fourth-order valence-corrected chi connectivity index (χ4v) is 4.00. The van der Waals surface area contributed by atoms with Crippen molar-refractivity contribution in [2.24, 2.45) is 0 Å². The molecular weight excluding hydrogens is 460 g/mol. The van der Waals surface area contributed by atoms with Crippen molar-refractivity contribution >= 4 is 23.2 Å². The highest BCUT2D eigenvalue weighted by Gasteiger charge is 2.18. The van der Waals surface area contributed by atoms with Gasteiger partial charge < -0.3 is 10.6 Å². The van der Waals surface area contributed by atoms with Crippen LogP contribution >= 0.6 is 0 Å². The Balaban J connectivity index is 1.73. The molecule has 7 nitrogen and oxygen atoms in total. The molecule has 0 saturated heterocycles. The summed E-state index contributed by atoms with van der Waals surface area (Å²) in [6.07, 6.45) is 8.93. The van der Waals surface area contributed by atoms with E-state index in [1.54, 1.807) is 30.7 Å². The SMILES string of the molecule is C=CCN(CC=C)Cc1c(NC(=O)c2ccccc2)ccc(C)c1Nc1nccc(-c2cccnc2)n1. The molecule has 4 aromatic rings. The minimum absolute atomic E-state index is 0.175. The van der Waals surface area contributed by atoms with Gasteiger partial charge in [-0.2, -0.15) is 0 Å². The molecule has 0 aliphatic heterocycles. The average molecular weight is 491 g/mol. The lowest BCUT2D eigenvalue weighted by molar-refractivity contribution is 0.102. The fraction of sp³-hybridized carbons (Fsp3) is 0.133. The van der Waals surface area contributed by atoms with Gasteiger partial charge in [-0.25, -0.2) is 9.97 Å². The lowest BCUT2D eigenvalue weighted by atomic mass is 10.0. The number of nitrogens with one attached hydrogen (secondary N) is 2. The topological polar surface area (TPSA) is 83.0 Å². The number of hydrogen-bond donors (Lipinski definition) is 2. The molecule has 2 aromatic carbocycles. The Morgan fingerprint density at radius 1 is 0.973 bits per heavy atom. The van der Waals surface area contributed by atoms with Gasteiger partial charge in [0.1, 0.15) is 0 Å². The summed E-state index contributed by atoms with van der Waals surface area (Å²) >= 11 is 0. The number of aryl methyl sites for hydroxylation is 1. The van der Waals surface area contributed by atoms with Crippen molar-refractivity contribution in [2.45, 2.75) is 13.5 Å². The molecule has 1 amide bonds. The van der Waals surface area contributed by atoms with Gasteiger partial charge in [-0.3, -0.25) is 14.7 Å². The first kappa shape index (κ1) is 25.5. The predicted octanol–water partition coefficient (Wildman–Crippen LogP) is 6.02. The van der Waals surface area contributed by atoms with E-state index < -0.39 is 0 Å². The second kappa shape index (κ2) is 12.4. The van der Waals surface area contributed by atoms with Gasteiger partial charge >= 0.3 is 0 Å². The van der Waals surface area contributed by atoms with Crippen LogP contribution in [-0.4, -0.2) is 38.8 Å². The molecule has 2 heterocycles. The molecule has 0 unspecified atom stereocenters. The highest BCUT2D eigenvalue weighted by Crippen LogP contribution is 2.32. The third-order valence-electron chi connectivity index (χ3n) is 5.81. The first-order chi connectivity index (χ1) is 18.1. The van der Waals surface area contributed by atoms with Gasteiger partial charge in [0, 0.05) is 60.6 Å². The third kappa shape index (κ3) is 6.54. The lowest BCUT2D eigenvalue weighted by Crippen LogP contribution is -2.25. The Morgan fingerprint density at radius 3 is 2.46 bits per heavy atom. The van der Waals surface area contributed by atoms with Gasteiger partial charge in [-0.15, -0.1) is 13.2 Å². The molecule has 0 spiro atoms. The summed E-state index contributed by atoms with van der Waals surface area (Å²) in [5.74, 6) is 0.279. The van der Waals surface area contributed by atoms with Gasteiger partial charge in [0.15, 0.2) is 0 Å². The van der Waals surface area contributed by atoms with E-state index in [9.17, 15) is 4.79 Å². The molecule has 0 atom stereocenters. The van der Waals surface area contributed by atoms with E-state index in [4.69, 9.17) is 4.98 Å². The van der Waals surface area contributed by atoms with Crippen LogP contribution < -0.4 is 10.6 Å². The smallest absolute Gasteiger partial charge is 0.255 e. The molecule has 0 bridgehead atoms. The summed E-state index contributed by atoms with van der Waals surface area (Å²) in [6.45, 7) is 11.7. The number of carbonyl (C=O) groups is 1. The molecule has 7 heteroatoms. The van der Waals surface area contributed by atoms with E-state index in [1.165, 1.54) is 0 Å². The van der Waals surface area contributed by atoms with E-state index >= 15 is 0 Å². The molecule has 2 aromatic heterocycles.